The van der Waals surface area contributed by atoms with Crippen molar-refractivity contribution in [3.63, 3.8) is 0 Å². The van der Waals surface area contributed by atoms with Gasteiger partial charge in [-0.15, -0.1) is 10.2 Å². The molecule has 0 radical (unpaired) electrons. The Morgan fingerprint density at radius 2 is 1.67 bits per heavy atom. The van der Waals surface area contributed by atoms with E-state index in [9.17, 15) is 4.79 Å². The van der Waals surface area contributed by atoms with Gasteiger partial charge in [0.25, 0.3) is 5.22 Å². The minimum Gasteiger partial charge on any atom is -0.454 e. The number of hydrogen-bond donors (Lipinski definition) is 1. The van der Waals surface area contributed by atoms with Crippen LogP contribution in [-0.2, 0) is 4.79 Å². The number of nitrogens with zero attached hydrogens (tertiary/aromatic N) is 2. The van der Waals surface area contributed by atoms with Crippen LogP contribution < -0.4 is 14.8 Å². The molecule has 1 atom stereocenters. The Morgan fingerprint density at radius 1 is 0.939 bits per heavy atom. The van der Waals surface area contributed by atoms with Gasteiger partial charge in [0.2, 0.25) is 18.6 Å². The van der Waals surface area contributed by atoms with Crippen LogP contribution in [0.1, 0.15) is 18.5 Å². The number of carbonyl (C=O) groups excluding carboxylic acids is 1. The first-order chi connectivity index (χ1) is 16.2. The fourth-order valence-electron chi connectivity index (χ4n) is 3.50. The monoisotopic (exact) mass is 459 g/mol. The zero-order chi connectivity index (χ0) is 22.6. The molecule has 0 aliphatic carbocycles. The predicted molar refractivity (Wildman–Crippen MR) is 125 cm³/mol. The van der Waals surface area contributed by atoms with Crippen LogP contribution in [-0.4, -0.2) is 28.7 Å². The first kappa shape index (κ1) is 21.1. The number of amides is 1. The molecule has 1 amide bonds. The Hall–Kier alpha value is -3.78. The molecule has 33 heavy (non-hydrogen) atoms. The lowest BCUT2D eigenvalue weighted by Gasteiger charge is -2.14. The van der Waals surface area contributed by atoms with Gasteiger partial charge in [-0.1, -0.05) is 66.4 Å². The van der Waals surface area contributed by atoms with Gasteiger partial charge in [-0.25, -0.2) is 0 Å². The van der Waals surface area contributed by atoms with Crippen molar-refractivity contribution in [1.29, 1.82) is 0 Å². The van der Waals surface area contributed by atoms with Crippen molar-refractivity contribution in [3.05, 3.63) is 78.4 Å². The van der Waals surface area contributed by atoms with Crippen LogP contribution in [0.25, 0.3) is 22.6 Å². The molecule has 166 valence electrons. The summed E-state index contributed by atoms with van der Waals surface area (Å²) in [6, 6.07) is 23.7. The molecule has 0 saturated heterocycles. The van der Waals surface area contributed by atoms with E-state index >= 15 is 0 Å². The van der Waals surface area contributed by atoms with E-state index in [2.05, 4.69) is 39.8 Å². The summed E-state index contributed by atoms with van der Waals surface area (Å²) in [5.74, 6) is 1.76. The molecule has 1 unspecified atom stereocenters. The summed E-state index contributed by atoms with van der Waals surface area (Å²) in [6.45, 7) is 2.17. The third-order valence-electron chi connectivity index (χ3n) is 5.25. The van der Waals surface area contributed by atoms with E-state index < -0.39 is 0 Å². The van der Waals surface area contributed by atoms with Crippen LogP contribution in [0.15, 0.2) is 82.4 Å². The lowest BCUT2D eigenvalue weighted by molar-refractivity contribution is -0.119. The molecule has 1 aliphatic rings. The summed E-state index contributed by atoms with van der Waals surface area (Å²) in [5, 5.41) is 11.4. The van der Waals surface area contributed by atoms with Crippen molar-refractivity contribution >= 4 is 17.7 Å². The lowest BCUT2D eigenvalue weighted by Crippen LogP contribution is -2.28. The highest BCUT2D eigenvalue weighted by molar-refractivity contribution is 7.99. The topological polar surface area (TPSA) is 86.5 Å². The van der Waals surface area contributed by atoms with Gasteiger partial charge in [0.05, 0.1) is 11.8 Å². The molecular weight excluding hydrogens is 438 g/mol. The van der Waals surface area contributed by atoms with Crippen LogP contribution in [0.3, 0.4) is 0 Å². The van der Waals surface area contributed by atoms with E-state index in [0.717, 1.165) is 22.3 Å². The van der Waals surface area contributed by atoms with E-state index in [0.29, 0.717) is 22.6 Å². The summed E-state index contributed by atoms with van der Waals surface area (Å²) in [7, 11) is 0. The van der Waals surface area contributed by atoms with Crippen LogP contribution in [0.5, 0.6) is 11.5 Å². The maximum atomic E-state index is 12.4. The normalized spacial score (nSPS) is 13.0. The molecular formula is C25H21N3O4S. The number of aromatic nitrogens is 2. The zero-order valence-electron chi connectivity index (χ0n) is 17.9. The summed E-state index contributed by atoms with van der Waals surface area (Å²) in [4.78, 5) is 12.4. The SMILES string of the molecule is CC(NC(=O)CSc1nnc(-c2ccc3c(c2)OCO3)o1)c1ccc(-c2ccccc2)cc1. The lowest BCUT2D eigenvalue weighted by atomic mass is 10.0. The van der Waals surface area contributed by atoms with Crippen molar-refractivity contribution in [2.75, 3.05) is 12.5 Å². The summed E-state index contributed by atoms with van der Waals surface area (Å²) in [6.07, 6.45) is 0. The number of fused-ring (bicyclic) bond motifs is 1. The van der Waals surface area contributed by atoms with Crippen molar-refractivity contribution in [2.24, 2.45) is 0 Å². The average Bonchev–Trinajstić information content (AvgIpc) is 3.52. The Labute approximate surface area is 195 Å². The number of rotatable bonds is 7. The van der Waals surface area contributed by atoms with E-state index in [4.69, 9.17) is 13.9 Å². The maximum Gasteiger partial charge on any atom is 0.277 e. The quantitative estimate of drug-likeness (QED) is 0.385. The number of hydrogen-bond acceptors (Lipinski definition) is 7. The van der Waals surface area contributed by atoms with Gasteiger partial charge in [-0.3, -0.25) is 4.79 Å². The van der Waals surface area contributed by atoms with E-state index in [1.165, 1.54) is 11.8 Å². The summed E-state index contributed by atoms with van der Waals surface area (Å²) < 4.78 is 16.4. The number of ether oxygens (including phenoxy) is 2. The molecule has 0 saturated carbocycles. The molecule has 8 heteroatoms. The summed E-state index contributed by atoms with van der Waals surface area (Å²) >= 11 is 1.20. The van der Waals surface area contributed by atoms with Crippen molar-refractivity contribution in [1.82, 2.24) is 15.5 Å². The van der Waals surface area contributed by atoms with Crippen molar-refractivity contribution in [2.45, 2.75) is 18.2 Å². The van der Waals surface area contributed by atoms with Gasteiger partial charge >= 0.3 is 0 Å². The zero-order valence-corrected chi connectivity index (χ0v) is 18.7. The van der Waals surface area contributed by atoms with Gasteiger partial charge in [0.15, 0.2) is 11.5 Å². The van der Waals surface area contributed by atoms with E-state index in [1.807, 2.05) is 43.3 Å². The Bertz CT molecular complexity index is 1260. The van der Waals surface area contributed by atoms with Gasteiger partial charge in [0, 0.05) is 5.56 Å². The van der Waals surface area contributed by atoms with E-state index in [1.54, 1.807) is 12.1 Å². The second kappa shape index (κ2) is 9.38. The highest BCUT2D eigenvalue weighted by Gasteiger charge is 2.18. The Morgan fingerprint density at radius 3 is 2.48 bits per heavy atom. The second-order valence-corrected chi connectivity index (χ2v) is 8.43. The molecule has 0 bridgehead atoms. The molecule has 7 nitrogen and oxygen atoms in total. The smallest absolute Gasteiger partial charge is 0.277 e. The molecule has 3 aromatic carbocycles. The molecule has 5 rings (SSSR count). The van der Waals surface area contributed by atoms with Crippen molar-refractivity contribution < 1.29 is 18.7 Å². The second-order valence-electron chi connectivity index (χ2n) is 7.51. The molecule has 0 spiro atoms. The van der Waals surface area contributed by atoms with Gasteiger partial charge in [0.1, 0.15) is 0 Å². The van der Waals surface area contributed by atoms with Crippen molar-refractivity contribution in [3.8, 4) is 34.1 Å². The first-order valence-electron chi connectivity index (χ1n) is 10.5. The predicted octanol–water partition coefficient (Wildman–Crippen LogP) is 5.10. The highest BCUT2D eigenvalue weighted by Crippen LogP contribution is 2.36. The minimum absolute atomic E-state index is 0.109. The first-order valence-corrected chi connectivity index (χ1v) is 11.5. The van der Waals surface area contributed by atoms with Gasteiger partial charge in [-0.2, -0.15) is 0 Å². The number of nitrogens with one attached hydrogen (secondary N) is 1. The third-order valence-corrected chi connectivity index (χ3v) is 6.07. The van der Waals surface area contributed by atoms with Crippen LogP contribution >= 0.6 is 11.8 Å². The highest BCUT2D eigenvalue weighted by atomic mass is 32.2. The molecule has 2 heterocycles. The molecule has 1 N–H and O–H groups in total. The largest absolute Gasteiger partial charge is 0.454 e. The molecule has 1 aliphatic heterocycles. The number of benzene rings is 3. The Kier molecular flexibility index (Phi) is 5.99. The average molecular weight is 460 g/mol. The summed E-state index contributed by atoms with van der Waals surface area (Å²) in [5.41, 5.74) is 4.08. The number of carbonyl (C=O) groups is 1. The van der Waals surface area contributed by atoms with E-state index in [-0.39, 0.29) is 24.5 Å². The molecule has 0 fully saturated rings. The Balaban J connectivity index is 1.15. The maximum absolute atomic E-state index is 12.4. The number of thioether (sulfide) groups is 1. The fraction of sp³-hybridized carbons (Fsp3) is 0.160. The van der Waals surface area contributed by atoms with Crippen LogP contribution in [0, 0.1) is 0 Å². The van der Waals surface area contributed by atoms with Crippen LogP contribution in [0.4, 0.5) is 0 Å². The van der Waals surface area contributed by atoms with Crippen LogP contribution in [0.2, 0.25) is 0 Å². The van der Waals surface area contributed by atoms with Gasteiger partial charge in [-0.05, 0) is 41.8 Å². The molecule has 1 aromatic heterocycles. The minimum atomic E-state index is -0.116. The fourth-order valence-corrected chi connectivity index (χ4v) is 4.08. The van der Waals surface area contributed by atoms with Gasteiger partial charge < -0.3 is 19.2 Å². The third kappa shape index (κ3) is 4.85. The molecule has 4 aromatic rings. The standard InChI is InChI=1S/C25H21N3O4S/c1-16(17-7-9-19(10-8-17)18-5-3-2-4-6-18)26-23(29)14-33-25-28-27-24(32-25)20-11-12-21-22(13-20)31-15-30-21/h2-13,16H,14-15H2,1H3,(H,26,29).